The molecule has 0 saturated carbocycles. The van der Waals surface area contributed by atoms with E-state index < -0.39 is 0 Å². The van der Waals surface area contributed by atoms with E-state index in [1.54, 1.807) is 0 Å². The normalized spacial score (nSPS) is 18.2. The van der Waals surface area contributed by atoms with E-state index >= 15 is 0 Å². The van der Waals surface area contributed by atoms with Crippen LogP contribution in [0.15, 0.2) is 0 Å². The number of nitrogens with one attached hydrogen (secondary N) is 1. The van der Waals surface area contributed by atoms with Crippen LogP contribution >= 0.6 is 0 Å². The average molecular weight is 229 g/mol. The SMILES string of the molecule is CCCC(C)C(CC)NCC(O)C(C)(C)C. The highest BCUT2D eigenvalue weighted by atomic mass is 16.3. The van der Waals surface area contributed by atoms with Gasteiger partial charge in [-0.1, -0.05) is 48.0 Å². The number of aliphatic hydroxyl groups excluding tert-OH is 1. The van der Waals surface area contributed by atoms with Gasteiger partial charge in [0.1, 0.15) is 0 Å². The molecule has 0 amide bonds. The van der Waals surface area contributed by atoms with Gasteiger partial charge in [-0.05, 0) is 24.2 Å². The van der Waals surface area contributed by atoms with Crippen LogP contribution in [0.3, 0.4) is 0 Å². The van der Waals surface area contributed by atoms with Crippen LogP contribution in [0.2, 0.25) is 0 Å². The van der Waals surface area contributed by atoms with Crippen LogP contribution in [0.5, 0.6) is 0 Å². The van der Waals surface area contributed by atoms with Crippen LogP contribution in [-0.2, 0) is 0 Å². The molecule has 0 saturated heterocycles. The number of hydrogen-bond acceptors (Lipinski definition) is 2. The predicted octanol–water partition coefficient (Wildman–Crippen LogP) is 3.20. The molecule has 0 spiro atoms. The Labute approximate surface area is 102 Å². The third-order valence-electron chi connectivity index (χ3n) is 3.44. The van der Waals surface area contributed by atoms with Gasteiger partial charge in [0.05, 0.1) is 6.10 Å². The summed E-state index contributed by atoms with van der Waals surface area (Å²) < 4.78 is 0. The minimum atomic E-state index is -0.268. The van der Waals surface area contributed by atoms with E-state index in [0.29, 0.717) is 18.5 Å². The predicted molar refractivity (Wildman–Crippen MR) is 71.6 cm³/mol. The van der Waals surface area contributed by atoms with Gasteiger partial charge in [0, 0.05) is 12.6 Å². The van der Waals surface area contributed by atoms with E-state index in [2.05, 4.69) is 46.9 Å². The molecule has 3 unspecified atom stereocenters. The Hall–Kier alpha value is -0.0800. The summed E-state index contributed by atoms with van der Waals surface area (Å²) in [7, 11) is 0. The fourth-order valence-electron chi connectivity index (χ4n) is 1.97. The molecule has 3 atom stereocenters. The van der Waals surface area contributed by atoms with E-state index in [1.807, 2.05) is 0 Å². The fourth-order valence-corrected chi connectivity index (χ4v) is 1.97. The van der Waals surface area contributed by atoms with Crippen LogP contribution in [0, 0.1) is 11.3 Å². The van der Waals surface area contributed by atoms with Crippen LogP contribution in [-0.4, -0.2) is 23.8 Å². The van der Waals surface area contributed by atoms with Gasteiger partial charge in [0.25, 0.3) is 0 Å². The molecule has 0 radical (unpaired) electrons. The second kappa shape index (κ2) is 7.29. The number of rotatable bonds is 7. The number of aliphatic hydroxyl groups is 1. The summed E-state index contributed by atoms with van der Waals surface area (Å²) in [5, 5.41) is 13.5. The summed E-state index contributed by atoms with van der Waals surface area (Å²) in [6.07, 6.45) is 3.37. The first-order valence-corrected chi connectivity index (χ1v) is 6.74. The van der Waals surface area contributed by atoms with Crippen LogP contribution in [0.1, 0.15) is 60.8 Å². The van der Waals surface area contributed by atoms with E-state index in [4.69, 9.17) is 0 Å². The largest absolute Gasteiger partial charge is 0.391 e. The van der Waals surface area contributed by atoms with Gasteiger partial charge in [-0.2, -0.15) is 0 Å². The maximum absolute atomic E-state index is 9.98. The molecule has 0 aliphatic carbocycles. The zero-order chi connectivity index (χ0) is 12.8. The Bertz CT molecular complexity index is 174. The van der Waals surface area contributed by atoms with Gasteiger partial charge in [0.2, 0.25) is 0 Å². The summed E-state index contributed by atoms with van der Waals surface area (Å²) in [5.74, 6) is 0.696. The Morgan fingerprint density at radius 1 is 1.19 bits per heavy atom. The summed E-state index contributed by atoms with van der Waals surface area (Å²) in [4.78, 5) is 0. The smallest absolute Gasteiger partial charge is 0.0712 e. The molecule has 0 aromatic rings. The first kappa shape index (κ1) is 15.9. The van der Waals surface area contributed by atoms with Gasteiger partial charge >= 0.3 is 0 Å². The second-order valence-electron chi connectivity index (χ2n) is 6.07. The van der Waals surface area contributed by atoms with Crippen molar-refractivity contribution in [3.05, 3.63) is 0 Å². The third kappa shape index (κ3) is 5.86. The lowest BCUT2D eigenvalue weighted by Crippen LogP contribution is -2.43. The molecule has 2 heteroatoms. The first-order chi connectivity index (χ1) is 7.32. The van der Waals surface area contributed by atoms with E-state index in [-0.39, 0.29) is 11.5 Å². The lowest BCUT2D eigenvalue weighted by molar-refractivity contribution is 0.0582. The third-order valence-corrected chi connectivity index (χ3v) is 3.44. The maximum atomic E-state index is 9.98. The maximum Gasteiger partial charge on any atom is 0.0712 e. The molecule has 16 heavy (non-hydrogen) atoms. The molecule has 0 aliphatic rings. The van der Waals surface area contributed by atoms with Gasteiger partial charge in [-0.25, -0.2) is 0 Å². The molecule has 0 aromatic carbocycles. The molecule has 0 aromatic heterocycles. The van der Waals surface area contributed by atoms with Gasteiger partial charge in [-0.15, -0.1) is 0 Å². The van der Waals surface area contributed by atoms with Crippen molar-refractivity contribution >= 4 is 0 Å². The van der Waals surface area contributed by atoms with Gasteiger partial charge in [0.15, 0.2) is 0 Å². The first-order valence-electron chi connectivity index (χ1n) is 6.74. The lowest BCUT2D eigenvalue weighted by atomic mass is 9.88. The molecule has 0 bridgehead atoms. The van der Waals surface area contributed by atoms with E-state index in [0.717, 1.165) is 6.42 Å². The topological polar surface area (TPSA) is 32.3 Å². The standard InChI is InChI=1S/C14H31NO/c1-7-9-11(3)12(8-2)15-10-13(16)14(4,5)6/h11-13,15-16H,7-10H2,1-6H3. The van der Waals surface area contributed by atoms with Crippen molar-refractivity contribution in [1.29, 1.82) is 0 Å². The molecular weight excluding hydrogens is 198 g/mol. The van der Waals surface area contributed by atoms with Crippen LogP contribution in [0.25, 0.3) is 0 Å². The zero-order valence-corrected chi connectivity index (χ0v) is 12.0. The van der Waals surface area contributed by atoms with Crippen molar-refractivity contribution in [2.75, 3.05) is 6.54 Å². The Balaban J connectivity index is 4.05. The fraction of sp³-hybridized carbons (Fsp3) is 1.00. The molecule has 0 fully saturated rings. The van der Waals surface area contributed by atoms with Crippen molar-refractivity contribution in [1.82, 2.24) is 5.32 Å². The highest BCUT2D eigenvalue weighted by Crippen LogP contribution is 2.19. The van der Waals surface area contributed by atoms with Gasteiger partial charge < -0.3 is 10.4 Å². The summed E-state index contributed by atoms with van der Waals surface area (Å²) in [6.45, 7) is 13.7. The zero-order valence-electron chi connectivity index (χ0n) is 12.0. The second-order valence-corrected chi connectivity index (χ2v) is 6.07. The van der Waals surface area contributed by atoms with Crippen molar-refractivity contribution in [3.8, 4) is 0 Å². The lowest BCUT2D eigenvalue weighted by Gasteiger charge is -2.30. The molecule has 98 valence electrons. The quantitative estimate of drug-likeness (QED) is 0.702. The highest BCUT2D eigenvalue weighted by molar-refractivity contribution is 4.78. The van der Waals surface area contributed by atoms with Crippen molar-refractivity contribution in [2.24, 2.45) is 11.3 Å². The monoisotopic (exact) mass is 229 g/mol. The number of hydrogen-bond donors (Lipinski definition) is 2. The summed E-state index contributed by atoms with van der Waals surface area (Å²) in [6, 6.07) is 0.539. The summed E-state index contributed by atoms with van der Waals surface area (Å²) >= 11 is 0. The van der Waals surface area contributed by atoms with Crippen molar-refractivity contribution in [2.45, 2.75) is 73.0 Å². The Kier molecular flexibility index (Phi) is 7.25. The van der Waals surface area contributed by atoms with Crippen molar-refractivity contribution in [3.63, 3.8) is 0 Å². The molecular formula is C14H31NO. The summed E-state index contributed by atoms with van der Waals surface area (Å²) in [5.41, 5.74) is -0.0285. The molecule has 2 N–H and O–H groups in total. The average Bonchev–Trinajstić information content (AvgIpc) is 2.17. The molecule has 0 aliphatic heterocycles. The molecule has 0 rings (SSSR count). The Morgan fingerprint density at radius 3 is 2.12 bits per heavy atom. The van der Waals surface area contributed by atoms with Crippen LogP contribution in [0.4, 0.5) is 0 Å². The highest BCUT2D eigenvalue weighted by Gasteiger charge is 2.23. The molecule has 2 nitrogen and oxygen atoms in total. The minimum Gasteiger partial charge on any atom is -0.391 e. The molecule has 0 heterocycles. The van der Waals surface area contributed by atoms with Gasteiger partial charge in [-0.3, -0.25) is 0 Å². The minimum absolute atomic E-state index is 0.0285. The van der Waals surface area contributed by atoms with Crippen LogP contribution < -0.4 is 5.32 Å². The van der Waals surface area contributed by atoms with E-state index in [9.17, 15) is 5.11 Å². The van der Waals surface area contributed by atoms with E-state index in [1.165, 1.54) is 12.8 Å². The Morgan fingerprint density at radius 2 is 1.75 bits per heavy atom. The van der Waals surface area contributed by atoms with Crippen molar-refractivity contribution < 1.29 is 5.11 Å².